The number of hydrogen-bond donors (Lipinski definition) is 1. The van der Waals surface area contributed by atoms with Crippen molar-refractivity contribution in [3.63, 3.8) is 0 Å². The zero-order chi connectivity index (χ0) is 24.2. The van der Waals surface area contributed by atoms with Gasteiger partial charge in [0, 0.05) is 24.3 Å². The number of unbranched alkanes of at least 4 members (excludes halogenated alkanes) is 2. The Morgan fingerprint density at radius 2 is 1.81 bits per heavy atom. The van der Waals surface area contributed by atoms with Gasteiger partial charge >= 0.3 is 0 Å². The third kappa shape index (κ3) is 14.7. The van der Waals surface area contributed by atoms with Crippen LogP contribution in [0.4, 0.5) is 0 Å². The monoisotopic (exact) mass is 435 g/mol. The number of piperidine rings is 1. The number of benzene rings is 1. The van der Waals surface area contributed by atoms with Crippen LogP contribution in [-0.2, 0) is 19.2 Å². The first-order valence-electron chi connectivity index (χ1n) is 10.7. The Morgan fingerprint density at radius 3 is 2.26 bits per heavy atom. The van der Waals surface area contributed by atoms with E-state index in [2.05, 4.69) is 5.32 Å². The van der Waals surface area contributed by atoms with E-state index in [1.54, 1.807) is 13.0 Å². The zero-order valence-corrected chi connectivity index (χ0v) is 19.7. The lowest BCUT2D eigenvalue weighted by atomic mass is 10.0. The molecule has 7 heteroatoms. The molecule has 0 saturated carbocycles. The highest BCUT2D eigenvalue weighted by molar-refractivity contribution is 5.98. The molecule has 1 aromatic carbocycles. The van der Waals surface area contributed by atoms with Crippen LogP contribution in [0.25, 0.3) is 0 Å². The van der Waals surface area contributed by atoms with Gasteiger partial charge in [0.15, 0.2) is 5.78 Å². The molecule has 1 atom stereocenters. The predicted molar refractivity (Wildman–Crippen MR) is 121 cm³/mol. The van der Waals surface area contributed by atoms with Crippen LogP contribution in [-0.4, -0.2) is 36.8 Å². The Bertz CT molecular complexity index is 699. The number of ether oxygens (including phenoxy) is 1. The second-order valence-electron chi connectivity index (χ2n) is 6.63. The first-order valence-corrected chi connectivity index (χ1v) is 10.7. The van der Waals surface area contributed by atoms with Gasteiger partial charge in [0.05, 0.1) is 6.61 Å². The summed E-state index contributed by atoms with van der Waals surface area (Å²) in [7, 11) is 0. The van der Waals surface area contributed by atoms with E-state index in [-0.39, 0.29) is 23.5 Å². The highest BCUT2D eigenvalue weighted by atomic mass is 16.5. The van der Waals surface area contributed by atoms with Crippen molar-refractivity contribution in [3.05, 3.63) is 29.3 Å². The third-order valence-electron chi connectivity index (χ3n) is 4.08. The van der Waals surface area contributed by atoms with Crippen molar-refractivity contribution in [1.29, 1.82) is 0 Å². The maximum atomic E-state index is 11.2. The minimum atomic E-state index is -0.141. The van der Waals surface area contributed by atoms with E-state index in [0.29, 0.717) is 25.9 Å². The fraction of sp³-hybridized carbons (Fsp3) is 0.542. The molecule has 2 amide bonds. The molecule has 0 aromatic heterocycles. The minimum absolute atomic E-state index is 0.0164. The summed E-state index contributed by atoms with van der Waals surface area (Å²) in [6.07, 6.45) is 5.18. The molecular weight excluding hydrogens is 398 g/mol. The number of ketones is 1. The van der Waals surface area contributed by atoms with E-state index >= 15 is 0 Å². The van der Waals surface area contributed by atoms with Crippen molar-refractivity contribution in [2.45, 2.75) is 73.6 Å². The lowest BCUT2D eigenvalue weighted by Crippen LogP contribution is -2.39. The average Bonchev–Trinajstić information content (AvgIpc) is 2.73. The van der Waals surface area contributed by atoms with E-state index in [1.807, 2.05) is 39.8 Å². The maximum Gasteiger partial charge on any atom is 0.229 e. The van der Waals surface area contributed by atoms with E-state index in [9.17, 15) is 19.2 Å². The molecule has 0 spiro atoms. The predicted octanol–water partition coefficient (Wildman–Crippen LogP) is 4.24. The lowest BCUT2D eigenvalue weighted by molar-refractivity contribution is -0.135. The van der Waals surface area contributed by atoms with Gasteiger partial charge in [-0.25, -0.2) is 0 Å². The van der Waals surface area contributed by atoms with Crippen LogP contribution in [0.3, 0.4) is 0 Å². The van der Waals surface area contributed by atoms with Gasteiger partial charge in [-0.15, -0.1) is 0 Å². The molecule has 0 aliphatic carbocycles. The Morgan fingerprint density at radius 1 is 1.19 bits per heavy atom. The fourth-order valence-corrected chi connectivity index (χ4v) is 2.44. The summed E-state index contributed by atoms with van der Waals surface area (Å²) in [6.45, 7) is 11.3. The van der Waals surface area contributed by atoms with E-state index in [0.717, 1.165) is 42.3 Å². The molecule has 1 N–H and O–H groups in total. The maximum absolute atomic E-state index is 11.2. The molecule has 174 valence electrons. The minimum Gasteiger partial charge on any atom is -0.494 e. The van der Waals surface area contributed by atoms with Gasteiger partial charge in [-0.3, -0.25) is 19.7 Å². The molecule has 31 heavy (non-hydrogen) atoms. The van der Waals surface area contributed by atoms with Crippen LogP contribution in [0.2, 0.25) is 0 Å². The number of aryl methyl sites for hydroxylation is 1. The molecule has 1 heterocycles. The molecule has 0 radical (unpaired) electrons. The Kier molecular flexibility index (Phi) is 18.8. The van der Waals surface area contributed by atoms with Crippen molar-refractivity contribution in [2.24, 2.45) is 5.92 Å². The van der Waals surface area contributed by atoms with Crippen LogP contribution in [0, 0.1) is 12.8 Å². The number of hydrogen-bond acceptors (Lipinski definition) is 6. The summed E-state index contributed by atoms with van der Waals surface area (Å²) in [5.74, 6) is 0.589. The second-order valence-corrected chi connectivity index (χ2v) is 6.63. The van der Waals surface area contributed by atoms with Gasteiger partial charge < -0.3 is 14.3 Å². The highest BCUT2D eigenvalue weighted by Crippen LogP contribution is 2.18. The van der Waals surface area contributed by atoms with Crippen LogP contribution in [0.1, 0.15) is 82.6 Å². The zero-order valence-electron chi connectivity index (χ0n) is 19.7. The van der Waals surface area contributed by atoms with Gasteiger partial charge in [-0.05, 0) is 63.8 Å². The summed E-state index contributed by atoms with van der Waals surface area (Å²) in [4.78, 5) is 51.3. The first-order chi connectivity index (χ1) is 14.8. The summed E-state index contributed by atoms with van der Waals surface area (Å²) >= 11 is 0. The first kappa shape index (κ1) is 30.4. The molecule has 1 aliphatic heterocycles. The van der Waals surface area contributed by atoms with Crippen molar-refractivity contribution in [2.75, 3.05) is 6.61 Å². The standard InChI is InChI=1S/C14H18O3.C6H9NO2.C2H4O.C2H6/c1-11-10-13(6-7-14(11)12(2)16)17-9-5-3-4-8-15;1-4-2-3-5(8)7-6(4)9;1-2-3;1-2/h6-8,10H,3-5,9H2,1-2H3;4H,2-3H2,1H3,(H,7,8,9);2H,1H3;1-2H3. The Labute approximate surface area is 185 Å². The average molecular weight is 436 g/mol. The molecule has 1 fully saturated rings. The van der Waals surface area contributed by atoms with Crippen LogP contribution in [0.5, 0.6) is 5.75 Å². The highest BCUT2D eigenvalue weighted by Gasteiger charge is 2.21. The molecule has 0 bridgehead atoms. The van der Waals surface area contributed by atoms with Gasteiger partial charge in [-0.1, -0.05) is 20.8 Å². The summed E-state index contributed by atoms with van der Waals surface area (Å²) in [6, 6.07) is 5.47. The number of carbonyl (C=O) groups is 5. The number of aldehydes is 2. The molecular formula is C24H37NO6. The number of nitrogens with one attached hydrogen (secondary N) is 1. The topological polar surface area (TPSA) is 107 Å². The van der Waals surface area contributed by atoms with E-state index in [1.165, 1.54) is 6.92 Å². The number of imide groups is 1. The normalized spacial score (nSPS) is 14.2. The Hall–Kier alpha value is -2.83. The summed E-state index contributed by atoms with van der Waals surface area (Å²) in [5.41, 5.74) is 1.67. The number of carbonyl (C=O) groups excluding carboxylic acids is 5. The quantitative estimate of drug-likeness (QED) is 0.297. The van der Waals surface area contributed by atoms with E-state index in [4.69, 9.17) is 9.53 Å². The second kappa shape index (κ2) is 19.2. The molecule has 1 aromatic rings. The number of amides is 2. The van der Waals surface area contributed by atoms with Gasteiger partial charge in [0.2, 0.25) is 11.8 Å². The van der Waals surface area contributed by atoms with Crippen LogP contribution in [0.15, 0.2) is 18.2 Å². The summed E-state index contributed by atoms with van der Waals surface area (Å²) < 4.78 is 5.54. The van der Waals surface area contributed by atoms with Crippen LogP contribution >= 0.6 is 0 Å². The summed E-state index contributed by atoms with van der Waals surface area (Å²) in [5, 5.41) is 2.25. The van der Waals surface area contributed by atoms with Crippen molar-refractivity contribution in [3.8, 4) is 5.75 Å². The van der Waals surface area contributed by atoms with Crippen molar-refractivity contribution >= 4 is 30.2 Å². The Balaban J connectivity index is 0. The molecule has 1 saturated heterocycles. The molecule has 1 aliphatic rings. The van der Waals surface area contributed by atoms with Gasteiger partial charge in [0.1, 0.15) is 18.3 Å². The van der Waals surface area contributed by atoms with Crippen molar-refractivity contribution in [1.82, 2.24) is 5.32 Å². The fourth-order valence-electron chi connectivity index (χ4n) is 2.44. The molecule has 1 unspecified atom stereocenters. The van der Waals surface area contributed by atoms with Gasteiger partial charge in [-0.2, -0.15) is 0 Å². The third-order valence-corrected chi connectivity index (χ3v) is 4.08. The lowest BCUT2D eigenvalue weighted by Gasteiger charge is -2.15. The van der Waals surface area contributed by atoms with Gasteiger partial charge in [0.25, 0.3) is 0 Å². The molecule has 7 nitrogen and oxygen atoms in total. The molecule has 2 rings (SSSR count). The number of Topliss-reactive ketones (excluding diaryl/α,β-unsaturated/α-hetero) is 1. The largest absolute Gasteiger partial charge is 0.494 e. The van der Waals surface area contributed by atoms with Crippen molar-refractivity contribution < 1.29 is 28.7 Å². The smallest absolute Gasteiger partial charge is 0.229 e. The van der Waals surface area contributed by atoms with Crippen LogP contribution < -0.4 is 10.1 Å². The number of rotatable bonds is 7. The van der Waals surface area contributed by atoms with E-state index < -0.39 is 0 Å². The SMILES string of the molecule is CC.CC(=O)c1ccc(OCCCCC=O)cc1C.CC1CCC(=O)NC1=O.CC=O.